The van der Waals surface area contributed by atoms with Gasteiger partial charge >= 0.3 is 11.8 Å². The number of ether oxygens (including phenoxy) is 1. The summed E-state index contributed by atoms with van der Waals surface area (Å²) in [5, 5.41) is 8.33. The highest BCUT2D eigenvalue weighted by molar-refractivity contribution is 6.35. The maximum atomic E-state index is 14.1. The number of fused-ring (bicyclic) bond motifs is 1. The number of imidazole rings is 1. The van der Waals surface area contributed by atoms with Crippen LogP contribution in [0.25, 0.3) is 22.2 Å². The van der Waals surface area contributed by atoms with Crippen molar-refractivity contribution in [1.82, 2.24) is 39.3 Å². The van der Waals surface area contributed by atoms with Crippen molar-refractivity contribution in [1.29, 1.82) is 0 Å². The maximum absolute atomic E-state index is 14.1. The lowest BCUT2D eigenvalue weighted by atomic mass is 10.00. The van der Waals surface area contributed by atoms with Gasteiger partial charge < -0.3 is 24.4 Å². The molecule has 254 valence electrons. The molecule has 0 bridgehead atoms. The lowest BCUT2D eigenvalue weighted by molar-refractivity contribution is -0.142. The van der Waals surface area contributed by atoms with E-state index in [0.717, 1.165) is 66.7 Å². The number of hydrogen-bond acceptors (Lipinski definition) is 7. The summed E-state index contributed by atoms with van der Waals surface area (Å²) in [5.74, 6) is -0.175. The van der Waals surface area contributed by atoms with E-state index in [1.54, 1.807) is 21.7 Å². The molecule has 0 spiro atoms. The molecule has 3 aliphatic rings. The second kappa shape index (κ2) is 14.2. The molecule has 2 aromatic carbocycles. The fourth-order valence-corrected chi connectivity index (χ4v) is 7.69. The van der Waals surface area contributed by atoms with Gasteiger partial charge in [0.1, 0.15) is 0 Å². The Hall–Kier alpha value is -4.13. The highest BCUT2D eigenvalue weighted by atomic mass is 35.5. The molecule has 2 aromatic heterocycles. The van der Waals surface area contributed by atoms with Crippen LogP contribution >= 0.6 is 11.6 Å². The molecule has 3 aliphatic heterocycles. The van der Waals surface area contributed by atoms with Crippen LogP contribution in [-0.4, -0.2) is 123 Å². The van der Waals surface area contributed by atoms with Gasteiger partial charge in [0.05, 0.1) is 22.4 Å². The van der Waals surface area contributed by atoms with Gasteiger partial charge in [0.15, 0.2) is 6.10 Å². The topological polar surface area (TPSA) is 123 Å². The van der Waals surface area contributed by atoms with Crippen molar-refractivity contribution >= 4 is 34.5 Å². The third-order valence-corrected chi connectivity index (χ3v) is 10.6. The molecule has 7 rings (SSSR count). The SMILES string of the molecule is CN1CCN(C2CCN(C(=O)[C@@H](Cc3cc(Cl)c4[nH]ncc4c3)OC(=O)N3CCC(n4cc(-c5ccccc5)[nH]c4=O)CC3)CC2)CC1. The van der Waals surface area contributed by atoms with E-state index in [1.807, 2.05) is 47.5 Å². The van der Waals surface area contributed by atoms with Crippen LogP contribution in [0, 0.1) is 0 Å². The average Bonchev–Trinajstić information content (AvgIpc) is 3.76. The van der Waals surface area contributed by atoms with Crippen LogP contribution in [0.3, 0.4) is 0 Å². The average molecular weight is 675 g/mol. The number of piperidine rings is 2. The van der Waals surface area contributed by atoms with Crippen molar-refractivity contribution in [2.24, 2.45) is 0 Å². The third-order valence-electron chi connectivity index (χ3n) is 10.3. The molecule has 2 amide bonds. The van der Waals surface area contributed by atoms with E-state index in [1.165, 1.54) is 0 Å². The predicted octanol–water partition coefficient (Wildman–Crippen LogP) is 4.00. The van der Waals surface area contributed by atoms with Gasteiger partial charge in [-0.2, -0.15) is 5.10 Å². The van der Waals surface area contributed by atoms with Gasteiger partial charge in [-0.1, -0.05) is 41.9 Å². The number of carbonyl (C=O) groups is 2. The minimum atomic E-state index is -0.989. The third kappa shape index (κ3) is 7.01. The van der Waals surface area contributed by atoms with E-state index in [9.17, 15) is 14.4 Å². The number of likely N-dealkylation sites (tertiary alicyclic amines) is 2. The van der Waals surface area contributed by atoms with Gasteiger partial charge in [-0.05, 0) is 56.0 Å². The lowest BCUT2D eigenvalue weighted by Gasteiger charge is -2.42. The first kappa shape index (κ1) is 32.4. The molecule has 0 unspecified atom stereocenters. The Labute approximate surface area is 284 Å². The summed E-state index contributed by atoms with van der Waals surface area (Å²) in [7, 11) is 2.16. The second-order valence-corrected chi connectivity index (χ2v) is 13.8. The fourth-order valence-electron chi connectivity index (χ4n) is 7.39. The van der Waals surface area contributed by atoms with Gasteiger partial charge in [0.25, 0.3) is 5.91 Å². The van der Waals surface area contributed by atoms with Crippen LogP contribution in [0.2, 0.25) is 5.02 Å². The summed E-state index contributed by atoms with van der Waals surface area (Å²) in [6.45, 7) is 6.34. The smallest absolute Gasteiger partial charge is 0.410 e. The summed E-state index contributed by atoms with van der Waals surface area (Å²) in [5.41, 5.74) is 3.08. The number of hydrogen-bond donors (Lipinski definition) is 2. The van der Waals surface area contributed by atoms with Gasteiger partial charge in [0, 0.05) is 82.4 Å². The number of nitrogens with zero attached hydrogens (tertiary/aromatic N) is 6. The van der Waals surface area contributed by atoms with Crippen LogP contribution in [0.1, 0.15) is 37.3 Å². The standard InChI is InChI=1S/C35H43ClN8O4/c1-40-15-17-41(18-16-40)27-7-11-42(12-8-27)33(45)31(21-24-19-26-22-37-39-32(26)29(36)20-24)48-35(47)43-13-9-28(10-14-43)44-23-30(38-34(44)46)25-5-3-2-4-6-25/h2-6,19-20,22-23,27-28,31H,7-18,21H2,1H3,(H,37,39)(H,38,46)/t31-/m1/s1. The largest absolute Gasteiger partial charge is 0.436 e. The minimum absolute atomic E-state index is 0.0434. The van der Waals surface area contributed by atoms with Gasteiger partial charge in [-0.3, -0.25) is 19.4 Å². The number of piperazine rings is 1. The van der Waals surface area contributed by atoms with Crippen LogP contribution in [-0.2, 0) is 16.0 Å². The number of amides is 2. The Balaban J connectivity index is 1.01. The highest BCUT2D eigenvalue weighted by Gasteiger charge is 2.35. The zero-order valence-corrected chi connectivity index (χ0v) is 28.1. The van der Waals surface area contributed by atoms with Crippen LogP contribution < -0.4 is 5.69 Å². The monoisotopic (exact) mass is 674 g/mol. The lowest BCUT2D eigenvalue weighted by Crippen LogP contribution is -2.54. The summed E-state index contributed by atoms with van der Waals surface area (Å²) in [4.78, 5) is 51.9. The molecule has 4 aromatic rings. The number of rotatable bonds is 7. The summed E-state index contributed by atoms with van der Waals surface area (Å²) in [6, 6.07) is 13.9. The zero-order chi connectivity index (χ0) is 33.2. The van der Waals surface area contributed by atoms with Gasteiger partial charge in [-0.25, -0.2) is 9.59 Å². The molecular formula is C35H43ClN8O4. The van der Waals surface area contributed by atoms with Crippen molar-refractivity contribution in [3.8, 4) is 11.3 Å². The molecule has 3 fully saturated rings. The number of nitrogens with one attached hydrogen (secondary N) is 2. The predicted molar refractivity (Wildman–Crippen MR) is 184 cm³/mol. The van der Waals surface area contributed by atoms with Crippen molar-refractivity contribution in [3.05, 3.63) is 75.9 Å². The van der Waals surface area contributed by atoms with E-state index in [2.05, 4.69) is 32.0 Å². The van der Waals surface area contributed by atoms with Crippen LogP contribution in [0.5, 0.6) is 0 Å². The molecule has 0 saturated carbocycles. The van der Waals surface area contributed by atoms with Crippen LogP contribution in [0.15, 0.2) is 59.7 Å². The molecule has 48 heavy (non-hydrogen) atoms. The van der Waals surface area contributed by atoms with Crippen molar-refractivity contribution in [2.45, 2.75) is 50.3 Å². The number of likely N-dealkylation sites (N-methyl/N-ethyl adjacent to an activating group) is 1. The molecule has 2 N–H and O–H groups in total. The van der Waals surface area contributed by atoms with E-state index < -0.39 is 12.2 Å². The first-order chi connectivity index (χ1) is 23.3. The normalized spacial score (nSPS) is 19.5. The molecule has 3 saturated heterocycles. The number of carbonyl (C=O) groups excluding carboxylic acids is 2. The number of aromatic amines is 2. The summed E-state index contributed by atoms with van der Waals surface area (Å²) in [6.07, 6.45) is 5.28. The van der Waals surface area contributed by atoms with Crippen molar-refractivity contribution in [3.63, 3.8) is 0 Å². The summed E-state index contributed by atoms with van der Waals surface area (Å²) < 4.78 is 7.80. The van der Waals surface area contributed by atoms with Gasteiger partial charge in [-0.15, -0.1) is 0 Å². The highest BCUT2D eigenvalue weighted by Crippen LogP contribution is 2.28. The molecule has 12 nitrogen and oxygen atoms in total. The van der Waals surface area contributed by atoms with E-state index in [-0.39, 0.29) is 24.1 Å². The van der Waals surface area contributed by atoms with Crippen molar-refractivity contribution in [2.75, 3.05) is 59.4 Å². The Bertz CT molecular complexity index is 1780. The zero-order valence-electron chi connectivity index (χ0n) is 27.3. The Kier molecular flexibility index (Phi) is 9.56. The molecule has 5 heterocycles. The Morgan fingerprint density at radius 1 is 0.938 bits per heavy atom. The van der Waals surface area contributed by atoms with E-state index in [0.29, 0.717) is 50.1 Å². The Morgan fingerprint density at radius 2 is 1.62 bits per heavy atom. The molecule has 0 aliphatic carbocycles. The number of H-pyrrole nitrogens is 2. The van der Waals surface area contributed by atoms with E-state index in [4.69, 9.17) is 16.3 Å². The molecule has 0 radical (unpaired) electrons. The number of halogens is 1. The van der Waals surface area contributed by atoms with Crippen molar-refractivity contribution < 1.29 is 14.3 Å². The van der Waals surface area contributed by atoms with Crippen LogP contribution in [0.4, 0.5) is 4.79 Å². The molecular weight excluding hydrogens is 632 g/mol. The Morgan fingerprint density at radius 3 is 2.35 bits per heavy atom. The second-order valence-electron chi connectivity index (χ2n) is 13.3. The first-order valence-electron chi connectivity index (χ1n) is 17.0. The maximum Gasteiger partial charge on any atom is 0.410 e. The molecule has 13 heteroatoms. The molecule has 1 atom stereocenters. The quantitative estimate of drug-likeness (QED) is 0.304. The fraction of sp³-hybridized carbons (Fsp3) is 0.486. The van der Waals surface area contributed by atoms with E-state index >= 15 is 0 Å². The first-order valence-corrected chi connectivity index (χ1v) is 17.3. The summed E-state index contributed by atoms with van der Waals surface area (Å²) >= 11 is 6.54. The number of aromatic nitrogens is 4. The number of benzene rings is 2. The minimum Gasteiger partial charge on any atom is -0.436 e. The van der Waals surface area contributed by atoms with Gasteiger partial charge in [0.2, 0.25) is 0 Å².